The van der Waals surface area contributed by atoms with Crippen LogP contribution in [0, 0.1) is 23.2 Å². The molecule has 3 fully saturated rings. The molecule has 1 saturated carbocycles. The lowest BCUT2D eigenvalue weighted by atomic mass is 9.51. The van der Waals surface area contributed by atoms with Crippen molar-refractivity contribution in [2.75, 3.05) is 26.9 Å². The van der Waals surface area contributed by atoms with Gasteiger partial charge in [-0.05, 0) is 30.6 Å². The molecule has 0 aromatic carbocycles. The zero-order valence-corrected chi connectivity index (χ0v) is 29.4. The van der Waals surface area contributed by atoms with Crippen molar-refractivity contribution in [2.24, 2.45) is 23.2 Å². The third kappa shape index (κ3) is 7.16. The van der Waals surface area contributed by atoms with Gasteiger partial charge in [-0.25, -0.2) is 4.79 Å². The maximum atomic E-state index is 13.4. The Morgan fingerprint density at radius 3 is 2.04 bits per heavy atom. The Morgan fingerprint density at radius 1 is 0.940 bits per heavy atom. The van der Waals surface area contributed by atoms with Gasteiger partial charge in [-0.15, -0.1) is 0 Å². The molecule has 2 aliphatic heterocycles. The van der Waals surface area contributed by atoms with Crippen molar-refractivity contribution < 1.29 is 76.9 Å². The predicted molar refractivity (Wildman–Crippen MR) is 166 cm³/mol. The van der Waals surface area contributed by atoms with Crippen LogP contribution in [-0.4, -0.2) is 121 Å². The first-order valence-corrected chi connectivity index (χ1v) is 16.3. The van der Waals surface area contributed by atoms with Crippen molar-refractivity contribution >= 4 is 35.8 Å². The van der Waals surface area contributed by atoms with E-state index < -0.39 is 107 Å². The Kier molecular flexibility index (Phi) is 11.5. The van der Waals surface area contributed by atoms with E-state index in [2.05, 4.69) is 0 Å². The predicted octanol–water partition coefficient (Wildman–Crippen LogP) is 0.484. The number of ether oxygens (including phenoxy) is 8. The number of methoxy groups -OCH3 is 1. The van der Waals surface area contributed by atoms with Crippen molar-refractivity contribution in [3.8, 4) is 0 Å². The Balaban J connectivity index is 2.16. The summed E-state index contributed by atoms with van der Waals surface area (Å²) in [4.78, 5) is 78.2. The Hall–Kier alpha value is -3.86. The summed E-state index contributed by atoms with van der Waals surface area (Å²) in [5, 5.41) is 22.6. The van der Waals surface area contributed by atoms with Gasteiger partial charge in [0.2, 0.25) is 0 Å². The number of carbonyl (C=O) groups is 6. The summed E-state index contributed by atoms with van der Waals surface area (Å²) in [6.07, 6.45) is -5.46. The number of carbonyl (C=O) groups excluding carboxylic acids is 6. The number of epoxide rings is 1. The molecule has 4 aliphatic rings. The Morgan fingerprint density at radius 2 is 1.52 bits per heavy atom. The fraction of sp³-hybridized carbons (Fsp3) is 0.706. The first kappa shape index (κ1) is 38.9. The molecule has 0 radical (unpaired) electrons. The first-order valence-electron chi connectivity index (χ1n) is 16.3. The molecule has 0 aromatic rings. The average Bonchev–Trinajstić information content (AvgIpc) is 3.76. The van der Waals surface area contributed by atoms with E-state index in [0.717, 1.165) is 20.8 Å². The van der Waals surface area contributed by atoms with Gasteiger partial charge in [-0.2, -0.15) is 0 Å². The smallest absolute Gasteiger partial charge is 0.332 e. The highest BCUT2D eigenvalue weighted by atomic mass is 16.7. The minimum absolute atomic E-state index is 0.0907. The van der Waals surface area contributed by atoms with E-state index in [0.29, 0.717) is 5.57 Å². The number of hydrogen-bond donors (Lipinski definition) is 2. The summed E-state index contributed by atoms with van der Waals surface area (Å²) in [6, 6.07) is 0. The molecule has 11 unspecified atom stereocenters. The minimum Gasteiger partial charge on any atom is -0.459 e. The molecule has 1 spiro atoms. The summed E-state index contributed by atoms with van der Waals surface area (Å²) < 4.78 is 46.6. The van der Waals surface area contributed by atoms with Crippen LogP contribution >= 0.6 is 0 Å². The summed E-state index contributed by atoms with van der Waals surface area (Å²) in [5.41, 5.74) is -5.76. The number of aliphatic hydroxyl groups is 2. The van der Waals surface area contributed by atoms with Crippen molar-refractivity contribution in [1.29, 1.82) is 0 Å². The van der Waals surface area contributed by atoms with Crippen LogP contribution in [0.4, 0.5) is 0 Å². The van der Waals surface area contributed by atoms with Crippen molar-refractivity contribution in [2.45, 2.75) is 103 Å². The lowest BCUT2D eigenvalue weighted by Crippen LogP contribution is -2.76. The van der Waals surface area contributed by atoms with Gasteiger partial charge in [0.1, 0.15) is 24.4 Å². The highest BCUT2D eigenvalue weighted by Gasteiger charge is 2.81. The molecule has 0 bridgehead atoms. The molecule has 2 aliphatic carbocycles. The van der Waals surface area contributed by atoms with Gasteiger partial charge in [0, 0.05) is 40.2 Å². The molecular formula is C34H46O16. The second-order valence-corrected chi connectivity index (χ2v) is 13.8. The molecule has 16 nitrogen and oxygen atoms in total. The van der Waals surface area contributed by atoms with Gasteiger partial charge in [0.05, 0.1) is 24.5 Å². The standard InChI is InChI=1S/C34H46O16/c1-16(2)11-24(39)50-26-28(45-18(4)36)32(7)22(48-25(40)13-35)10-9-21(14-43-8)12-23-34(42,17(3)31(41)49-23)30(47-20(6)38)27(32)33(15-44-33)29(26)46-19(5)37/h9-10,12,16-17,22-23,26-30,35,42H,11,13-15H2,1-8H3. The molecule has 11 atom stereocenters. The fourth-order valence-electron chi connectivity index (χ4n) is 7.61. The lowest BCUT2D eigenvalue weighted by Gasteiger charge is -2.59. The Labute approximate surface area is 289 Å². The normalized spacial score (nSPS) is 37.4. The van der Waals surface area contributed by atoms with Crippen LogP contribution in [0.25, 0.3) is 0 Å². The monoisotopic (exact) mass is 710 g/mol. The molecule has 4 rings (SSSR count). The fourth-order valence-corrected chi connectivity index (χ4v) is 7.61. The summed E-state index contributed by atoms with van der Waals surface area (Å²) in [5.74, 6) is -8.38. The lowest BCUT2D eigenvalue weighted by molar-refractivity contribution is -0.279. The third-order valence-corrected chi connectivity index (χ3v) is 9.75. The number of fused-ring (bicyclic) bond motifs is 3. The summed E-state index contributed by atoms with van der Waals surface area (Å²) >= 11 is 0. The van der Waals surface area contributed by atoms with Crippen LogP contribution in [-0.2, 0) is 66.7 Å². The first-order chi connectivity index (χ1) is 23.4. The quantitative estimate of drug-likeness (QED) is 0.179. The molecule has 50 heavy (non-hydrogen) atoms. The van der Waals surface area contributed by atoms with E-state index in [1.807, 2.05) is 0 Å². The van der Waals surface area contributed by atoms with Crippen LogP contribution in [0.2, 0.25) is 0 Å². The van der Waals surface area contributed by atoms with Crippen molar-refractivity contribution in [3.63, 3.8) is 0 Å². The van der Waals surface area contributed by atoms with Gasteiger partial charge < -0.3 is 48.1 Å². The maximum Gasteiger partial charge on any atom is 0.332 e. The van der Waals surface area contributed by atoms with Crippen LogP contribution in [0.3, 0.4) is 0 Å². The highest BCUT2D eigenvalue weighted by molar-refractivity contribution is 5.78. The number of rotatable bonds is 10. The zero-order chi connectivity index (χ0) is 37.3. The van der Waals surface area contributed by atoms with Gasteiger partial charge in [-0.1, -0.05) is 26.8 Å². The maximum absolute atomic E-state index is 13.4. The minimum atomic E-state index is -2.38. The topological polar surface area (TPSA) is 220 Å². The molecule has 0 aromatic heterocycles. The van der Waals surface area contributed by atoms with Crippen LogP contribution in [0.15, 0.2) is 23.8 Å². The summed E-state index contributed by atoms with van der Waals surface area (Å²) in [6.45, 7) is 8.21. The van der Waals surface area contributed by atoms with Gasteiger partial charge in [-0.3, -0.25) is 24.0 Å². The average molecular weight is 711 g/mol. The van der Waals surface area contributed by atoms with E-state index >= 15 is 0 Å². The van der Waals surface area contributed by atoms with E-state index in [4.69, 9.17) is 37.9 Å². The molecular weight excluding hydrogens is 664 g/mol. The van der Waals surface area contributed by atoms with Crippen molar-refractivity contribution in [1.82, 2.24) is 0 Å². The number of esters is 6. The Bertz CT molecular complexity index is 1430. The number of hydrogen-bond acceptors (Lipinski definition) is 16. The molecule has 16 heteroatoms. The van der Waals surface area contributed by atoms with Gasteiger partial charge in [0.25, 0.3) is 0 Å². The van der Waals surface area contributed by atoms with E-state index in [1.165, 1.54) is 39.2 Å². The van der Waals surface area contributed by atoms with E-state index in [1.54, 1.807) is 13.8 Å². The molecule has 2 heterocycles. The van der Waals surface area contributed by atoms with Crippen LogP contribution in [0.5, 0.6) is 0 Å². The van der Waals surface area contributed by atoms with E-state index in [9.17, 15) is 39.0 Å². The van der Waals surface area contributed by atoms with E-state index in [-0.39, 0.29) is 25.6 Å². The molecule has 2 N–H and O–H groups in total. The van der Waals surface area contributed by atoms with Gasteiger partial charge >= 0.3 is 35.8 Å². The van der Waals surface area contributed by atoms with Crippen LogP contribution < -0.4 is 0 Å². The second kappa shape index (κ2) is 14.8. The molecule has 278 valence electrons. The second-order valence-electron chi connectivity index (χ2n) is 13.8. The molecule has 0 amide bonds. The van der Waals surface area contributed by atoms with Crippen molar-refractivity contribution in [3.05, 3.63) is 23.8 Å². The van der Waals surface area contributed by atoms with Gasteiger partial charge in [0.15, 0.2) is 30.0 Å². The van der Waals surface area contributed by atoms with Crippen LogP contribution in [0.1, 0.15) is 54.9 Å². The number of aliphatic hydroxyl groups excluding tert-OH is 1. The largest absolute Gasteiger partial charge is 0.459 e. The zero-order valence-electron chi connectivity index (χ0n) is 29.4. The highest BCUT2D eigenvalue weighted by Crippen LogP contribution is 2.63. The molecule has 2 saturated heterocycles. The SMILES string of the molecule is COCC1=CC2OC(=O)C(C)C2(O)C(OC(C)=O)C2C3(CO3)C(OC(C)=O)C(OC(=O)CC(C)C)C(OC(C)=O)C2(C)C(OC(=O)CO)C=C1. The third-order valence-electron chi connectivity index (χ3n) is 9.75. The summed E-state index contributed by atoms with van der Waals surface area (Å²) in [7, 11) is 1.39.